The molecule has 0 atom stereocenters. The van der Waals surface area contributed by atoms with Crippen LogP contribution < -0.4 is 4.90 Å². The van der Waals surface area contributed by atoms with Gasteiger partial charge < -0.3 is 10.0 Å². The van der Waals surface area contributed by atoms with Gasteiger partial charge in [0.25, 0.3) is 5.69 Å². The molecule has 0 saturated heterocycles. The van der Waals surface area contributed by atoms with Crippen molar-refractivity contribution in [3.05, 3.63) is 33.9 Å². The van der Waals surface area contributed by atoms with Crippen LogP contribution in [0, 0.1) is 10.1 Å². The highest BCUT2D eigenvalue weighted by atomic mass is 16.6. The summed E-state index contributed by atoms with van der Waals surface area (Å²) in [6.07, 6.45) is 3.51. The Hall–Kier alpha value is -1.95. The third-order valence-electron chi connectivity index (χ3n) is 4.05. The molecule has 2 rings (SSSR count). The summed E-state index contributed by atoms with van der Waals surface area (Å²) in [6, 6.07) is 4.26. The van der Waals surface area contributed by atoms with Crippen molar-refractivity contribution in [3.63, 3.8) is 0 Å². The summed E-state index contributed by atoms with van der Waals surface area (Å²) in [6.45, 7) is 1.81. The van der Waals surface area contributed by atoms with E-state index in [-0.39, 0.29) is 11.5 Å². The Morgan fingerprint density at radius 1 is 1.43 bits per heavy atom. The summed E-state index contributed by atoms with van der Waals surface area (Å²) in [7, 11) is 1.80. The number of hydrogen-bond acceptors (Lipinski definition) is 5. The molecule has 0 spiro atoms. The predicted octanol–water partition coefficient (Wildman–Crippen LogP) is 2.54. The van der Waals surface area contributed by atoms with Gasteiger partial charge in [0.15, 0.2) is 5.78 Å². The van der Waals surface area contributed by atoms with Gasteiger partial charge in [-0.15, -0.1) is 0 Å². The highest BCUT2D eigenvalue weighted by Gasteiger charge is 2.33. The average molecular weight is 292 g/mol. The summed E-state index contributed by atoms with van der Waals surface area (Å²) in [5.41, 5.74) is 0.101. The smallest absolute Gasteiger partial charge is 0.270 e. The third kappa shape index (κ3) is 3.39. The topological polar surface area (TPSA) is 83.7 Å². The van der Waals surface area contributed by atoms with E-state index < -0.39 is 10.5 Å². The summed E-state index contributed by atoms with van der Waals surface area (Å²) in [4.78, 5) is 23.9. The van der Waals surface area contributed by atoms with E-state index in [1.165, 1.54) is 19.1 Å². The second-order valence-electron chi connectivity index (χ2n) is 5.80. The van der Waals surface area contributed by atoms with Crippen LogP contribution in [0.15, 0.2) is 18.2 Å². The average Bonchev–Trinajstić information content (AvgIpc) is 2.84. The second-order valence-corrected chi connectivity index (χ2v) is 5.80. The van der Waals surface area contributed by atoms with Crippen LogP contribution >= 0.6 is 0 Å². The van der Waals surface area contributed by atoms with Gasteiger partial charge in [-0.05, 0) is 25.8 Å². The highest BCUT2D eigenvalue weighted by molar-refractivity contribution is 6.00. The fourth-order valence-electron chi connectivity index (χ4n) is 2.97. The first-order valence-electron chi connectivity index (χ1n) is 7.05. The van der Waals surface area contributed by atoms with Gasteiger partial charge in [0, 0.05) is 37.0 Å². The fraction of sp³-hybridized carbons (Fsp3) is 0.533. The zero-order valence-electron chi connectivity index (χ0n) is 12.3. The Balaban J connectivity index is 2.29. The van der Waals surface area contributed by atoms with Crippen LogP contribution in [0.25, 0.3) is 0 Å². The van der Waals surface area contributed by atoms with Crippen LogP contribution in [-0.4, -0.2) is 35.0 Å². The van der Waals surface area contributed by atoms with Gasteiger partial charge >= 0.3 is 0 Å². The van der Waals surface area contributed by atoms with E-state index >= 15 is 0 Å². The minimum Gasteiger partial charge on any atom is -0.388 e. The van der Waals surface area contributed by atoms with E-state index in [1.807, 2.05) is 4.90 Å². The summed E-state index contributed by atoms with van der Waals surface area (Å²) in [5.74, 6) is -0.223. The number of ketones is 1. The molecule has 0 aromatic heterocycles. The quantitative estimate of drug-likeness (QED) is 0.512. The van der Waals surface area contributed by atoms with Gasteiger partial charge in [0.2, 0.25) is 0 Å². The molecule has 1 N–H and O–H groups in total. The standard InChI is InChI=1S/C15H20N2O4/c1-11(18)13-9-12(17(20)21)5-6-14(13)16(2)10-15(19)7-3-4-8-15/h5-6,9,19H,3-4,7-8,10H2,1-2H3. The summed E-state index contributed by atoms with van der Waals surface area (Å²) < 4.78 is 0. The van der Waals surface area contributed by atoms with Crippen LogP contribution in [-0.2, 0) is 0 Å². The molecule has 0 unspecified atom stereocenters. The van der Waals surface area contributed by atoms with Crippen LogP contribution in [0.4, 0.5) is 11.4 Å². The SMILES string of the molecule is CC(=O)c1cc([N+](=O)[O-])ccc1N(C)CC1(O)CCCC1. The number of nitro benzene ring substituents is 1. The maximum absolute atomic E-state index is 11.8. The fourth-order valence-corrected chi connectivity index (χ4v) is 2.97. The maximum Gasteiger partial charge on any atom is 0.270 e. The van der Waals surface area contributed by atoms with Crippen molar-refractivity contribution in [3.8, 4) is 0 Å². The predicted molar refractivity (Wildman–Crippen MR) is 79.8 cm³/mol. The number of aliphatic hydroxyl groups is 1. The van der Waals surface area contributed by atoms with Crippen molar-refractivity contribution >= 4 is 17.2 Å². The lowest BCUT2D eigenvalue weighted by atomic mass is 10.0. The molecule has 0 radical (unpaired) electrons. The number of hydrogen-bond donors (Lipinski definition) is 1. The number of benzene rings is 1. The Morgan fingerprint density at radius 3 is 2.57 bits per heavy atom. The van der Waals surface area contributed by atoms with E-state index in [2.05, 4.69) is 0 Å². The molecule has 21 heavy (non-hydrogen) atoms. The molecule has 0 heterocycles. The first kappa shape index (κ1) is 15.4. The van der Waals surface area contributed by atoms with Crippen molar-refractivity contribution in [1.82, 2.24) is 0 Å². The summed E-state index contributed by atoms with van der Waals surface area (Å²) >= 11 is 0. The number of nitrogens with zero attached hydrogens (tertiary/aromatic N) is 2. The molecule has 1 saturated carbocycles. The number of carbonyl (C=O) groups excluding carboxylic acids is 1. The molecular formula is C15H20N2O4. The van der Waals surface area contributed by atoms with E-state index in [4.69, 9.17) is 0 Å². The molecule has 1 aromatic carbocycles. The second kappa shape index (κ2) is 5.81. The van der Waals surface area contributed by atoms with Gasteiger partial charge in [-0.25, -0.2) is 0 Å². The van der Waals surface area contributed by atoms with Gasteiger partial charge in [-0.1, -0.05) is 12.8 Å². The highest BCUT2D eigenvalue weighted by Crippen LogP contribution is 2.32. The molecule has 1 fully saturated rings. The van der Waals surface area contributed by atoms with Gasteiger partial charge in [-0.3, -0.25) is 14.9 Å². The number of nitro groups is 1. The van der Waals surface area contributed by atoms with E-state index in [1.54, 1.807) is 13.1 Å². The first-order valence-corrected chi connectivity index (χ1v) is 7.05. The van der Waals surface area contributed by atoms with Gasteiger partial charge in [0.05, 0.1) is 10.5 Å². The number of likely N-dealkylation sites (N-methyl/N-ethyl adjacent to an activating group) is 1. The monoisotopic (exact) mass is 292 g/mol. The Labute approximate surface area is 123 Å². The molecule has 1 aliphatic rings. The number of carbonyl (C=O) groups is 1. The molecular weight excluding hydrogens is 272 g/mol. The van der Waals surface area contributed by atoms with E-state index in [9.17, 15) is 20.0 Å². The third-order valence-corrected chi connectivity index (χ3v) is 4.05. The van der Waals surface area contributed by atoms with Crippen molar-refractivity contribution < 1.29 is 14.8 Å². The molecule has 6 nitrogen and oxygen atoms in total. The molecule has 1 aliphatic carbocycles. The van der Waals surface area contributed by atoms with E-state index in [0.717, 1.165) is 25.7 Å². The lowest BCUT2D eigenvalue weighted by Crippen LogP contribution is -2.39. The zero-order valence-corrected chi connectivity index (χ0v) is 12.3. The number of Topliss-reactive ketones (excluding diaryl/α,β-unsaturated/α-hetero) is 1. The molecule has 0 bridgehead atoms. The van der Waals surface area contributed by atoms with Crippen molar-refractivity contribution in [2.75, 3.05) is 18.5 Å². The largest absolute Gasteiger partial charge is 0.388 e. The number of rotatable bonds is 5. The molecule has 6 heteroatoms. The molecule has 1 aromatic rings. The lowest BCUT2D eigenvalue weighted by molar-refractivity contribution is -0.384. The van der Waals surface area contributed by atoms with Gasteiger partial charge in [0.1, 0.15) is 0 Å². The molecule has 0 amide bonds. The lowest BCUT2D eigenvalue weighted by Gasteiger charge is -2.30. The Morgan fingerprint density at radius 2 is 2.05 bits per heavy atom. The Kier molecular flexibility index (Phi) is 4.27. The van der Waals surface area contributed by atoms with Crippen LogP contribution in [0.1, 0.15) is 43.0 Å². The number of anilines is 1. The Bertz CT molecular complexity index is 565. The maximum atomic E-state index is 11.8. The minimum absolute atomic E-state index is 0.100. The minimum atomic E-state index is -0.732. The molecule has 0 aliphatic heterocycles. The first-order chi connectivity index (χ1) is 9.82. The van der Waals surface area contributed by atoms with E-state index in [0.29, 0.717) is 17.8 Å². The van der Waals surface area contributed by atoms with Gasteiger partial charge in [-0.2, -0.15) is 0 Å². The van der Waals surface area contributed by atoms with Crippen molar-refractivity contribution in [2.24, 2.45) is 0 Å². The van der Waals surface area contributed by atoms with Crippen molar-refractivity contribution in [1.29, 1.82) is 0 Å². The van der Waals surface area contributed by atoms with Crippen LogP contribution in [0.2, 0.25) is 0 Å². The van der Waals surface area contributed by atoms with Crippen molar-refractivity contribution in [2.45, 2.75) is 38.2 Å². The number of non-ortho nitro benzene ring substituents is 1. The van der Waals surface area contributed by atoms with Crippen LogP contribution in [0.5, 0.6) is 0 Å². The zero-order chi connectivity index (χ0) is 15.6. The summed E-state index contributed by atoms with van der Waals surface area (Å²) in [5, 5.41) is 21.3. The molecule has 114 valence electrons. The van der Waals surface area contributed by atoms with Crippen LogP contribution in [0.3, 0.4) is 0 Å². The normalized spacial score (nSPS) is 16.7.